The number of aromatic nitrogens is 2. The molecule has 0 aliphatic carbocycles. The highest BCUT2D eigenvalue weighted by molar-refractivity contribution is 6.04. The van der Waals surface area contributed by atoms with Crippen molar-refractivity contribution in [1.82, 2.24) is 19.8 Å². The van der Waals surface area contributed by atoms with Crippen molar-refractivity contribution in [1.29, 1.82) is 0 Å². The standard InChI is InChI=1S/C39H45N5O6/c1-26-28(19-36(45)34-20-37(47-3)29(22-40-34)24-43-11-15-49-16-12-43)7-5-8-31(26)32-9-6-10-33(27(32)2)42-39(46)35-21-38(48-4)30(23-41-35)25-44-13-17-50-18-14-44/h5-10,20-23H,11-19,24-25H2,1-4H3,(H,42,46). The highest BCUT2D eigenvalue weighted by Gasteiger charge is 2.20. The van der Waals surface area contributed by atoms with Gasteiger partial charge in [0, 0.05) is 87.0 Å². The number of pyridine rings is 2. The number of morpholine rings is 2. The summed E-state index contributed by atoms with van der Waals surface area (Å²) in [6.45, 7) is 11.6. The Labute approximate surface area is 293 Å². The Hall–Kier alpha value is -4.68. The molecule has 2 aliphatic heterocycles. The summed E-state index contributed by atoms with van der Waals surface area (Å²) in [5, 5.41) is 3.05. The van der Waals surface area contributed by atoms with Crippen molar-refractivity contribution in [3.8, 4) is 22.6 Å². The van der Waals surface area contributed by atoms with Crippen molar-refractivity contribution in [2.45, 2.75) is 33.4 Å². The number of nitrogens with zero attached hydrogens (tertiary/aromatic N) is 4. The molecule has 11 nitrogen and oxygen atoms in total. The quantitative estimate of drug-likeness (QED) is 0.203. The molecule has 0 saturated carbocycles. The predicted octanol–water partition coefficient (Wildman–Crippen LogP) is 5.12. The minimum absolute atomic E-state index is 0.0851. The summed E-state index contributed by atoms with van der Waals surface area (Å²) in [6.07, 6.45) is 3.66. The van der Waals surface area contributed by atoms with Crippen molar-refractivity contribution in [3.63, 3.8) is 0 Å². The minimum Gasteiger partial charge on any atom is -0.496 e. The first-order valence-electron chi connectivity index (χ1n) is 17.0. The van der Waals surface area contributed by atoms with Crippen molar-refractivity contribution < 1.29 is 28.5 Å². The number of carbonyl (C=O) groups is 2. The van der Waals surface area contributed by atoms with Gasteiger partial charge in [0.05, 0.1) is 40.6 Å². The summed E-state index contributed by atoms with van der Waals surface area (Å²) >= 11 is 0. The molecule has 0 spiro atoms. The second-order valence-electron chi connectivity index (χ2n) is 12.7. The van der Waals surface area contributed by atoms with Crippen LogP contribution < -0.4 is 14.8 Å². The van der Waals surface area contributed by atoms with Gasteiger partial charge < -0.3 is 24.3 Å². The Morgan fingerprint density at radius 2 is 1.24 bits per heavy atom. The molecular weight excluding hydrogens is 634 g/mol. The van der Waals surface area contributed by atoms with Crippen molar-refractivity contribution in [3.05, 3.63) is 100 Å². The number of benzene rings is 2. The molecule has 0 radical (unpaired) electrons. The van der Waals surface area contributed by atoms with E-state index in [1.54, 1.807) is 38.7 Å². The smallest absolute Gasteiger partial charge is 0.274 e. The molecule has 50 heavy (non-hydrogen) atoms. The van der Waals surface area contributed by atoms with E-state index >= 15 is 0 Å². The lowest BCUT2D eigenvalue weighted by Crippen LogP contribution is -2.35. The Balaban J connectivity index is 1.16. The van der Waals surface area contributed by atoms with Gasteiger partial charge in [-0.3, -0.25) is 29.4 Å². The van der Waals surface area contributed by atoms with Crippen LogP contribution in [0.15, 0.2) is 60.9 Å². The number of carbonyl (C=O) groups excluding carboxylic acids is 2. The number of Topliss-reactive ketones (excluding diaryl/α,β-unsaturated/α-hetero) is 1. The van der Waals surface area contributed by atoms with Gasteiger partial charge in [0.15, 0.2) is 5.78 Å². The lowest BCUT2D eigenvalue weighted by Gasteiger charge is -2.27. The fourth-order valence-electron chi connectivity index (χ4n) is 6.50. The molecule has 2 fully saturated rings. The fraction of sp³-hybridized carbons (Fsp3) is 0.385. The van der Waals surface area contributed by atoms with Crippen LogP contribution in [0.1, 0.15) is 48.8 Å². The number of anilines is 1. The minimum atomic E-state index is -0.323. The first-order chi connectivity index (χ1) is 24.3. The van der Waals surface area contributed by atoms with Crippen LogP contribution >= 0.6 is 0 Å². The van der Waals surface area contributed by atoms with Crippen LogP contribution in [0.4, 0.5) is 5.69 Å². The molecule has 1 N–H and O–H groups in total. The zero-order valence-corrected chi connectivity index (χ0v) is 29.3. The van der Waals surface area contributed by atoms with Gasteiger partial charge in [0.25, 0.3) is 5.91 Å². The summed E-state index contributed by atoms with van der Waals surface area (Å²) in [7, 11) is 3.23. The van der Waals surface area contributed by atoms with Gasteiger partial charge in [0.2, 0.25) is 0 Å². The first-order valence-corrected chi connectivity index (χ1v) is 17.0. The SMILES string of the molecule is COc1cc(C(=O)Cc2cccc(-c3cccc(NC(=O)c4cc(OC)c(CN5CCOCC5)cn4)c3C)c2C)ncc1CN1CCOCC1. The third kappa shape index (κ3) is 8.19. The van der Waals surface area contributed by atoms with Gasteiger partial charge >= 0.3 is 0 Å². The molecule has 262 valence electrons. The van der Waals surface area contributed by atoms with E-state index in [0.29, 0.717) is 62.4 Å². The molecule has 4 aromatic rings. The number of ketones is 1. The molecule has 0 atom stereocenters. The third-order valence-corrected chi connectivity index (χ3v) is 9.51. The molecule has 2 aromatic heterocycles. The summed E-state index contributed by atoms with van der Waals surface area (Å²) in [5.74, 6) is 0.878. The summed E-state index contributed by atoms with van der Waals surface area (Å²) in [5.41, 5.74) is 7.96. The van der Waals surface area contributed by atoms with E-state index in [4.69, 9.17) is 18.9 Å². The van der Waals surface area contributed by atoms with E-state index in [0.717, 1.165) is 65.1 Å². The van der Waals surface area contributed by atoms with Crippen LogP contribution in [0.3, 0.4) is 0 Å². The van der Waals surface area contributed by atoms with Crippen molar-refractivity contribution in [2.75, 3.05) is 72.1 Å². The highest BCUT2D eigenvalue weighted by Crippen LogP contribution is 2.33. The number of hydrogen-bond acceptors (Lipinski definition) is 10. The monoisotopic (exact) mass is 679 g/mol. The van der Waals surface area contributed by atoms with E-state index in [1.165, 1.54) is 0 Å². The summed E-state index contributed by atoms with van der Waals surface area (Å²) < 4.78 is 22.2. The molecule has 4 heterocycles. The molecule has 1 amide bonds. The molecule has 0 bridgehead atoms. The van der Waals surface area contributed by atoms with E-state index in [1.807, 2.05) is 50.2 Å². The molecular formula is C39H45N5O6. The number of hydrogen-bond donors (Lipinski definition) is 1. The van der Waals surface area contributed by atoms with Gasteiger partial charge in [-0.05, 0) is 47.7 Å². The maximum Gasteiger partial charge on any atom is 0.274 e. The number of rotatable bonds is 12. The zero-order valence-electron chi connectivity index (χ0n) is 29.3. The van der Waals surface area contributed by atoms with E-state index in [-0.39, 0.29) is 23.8 Å². The van der Waals surface area contributed by atoms with Gasteiger partial charge in [0.1, 0.15) is 22.9 Å². The Bertz CT molecular complexity index is 1700. The highest BCUT2D eigenvalue weighted by atomic mass is 16.5. The molecule has 6 rings (SSSR count). The maximum atomic E-state index is 13.5. The number of ether oxygens (including phenoxy) is 4. The van der Waals surface area contributed by atoms with Crippen LogP contribution in [-0.4, -0.2) is 98.3 Å². The number of methoxy groups -OCH3 is 2. The van der Waals surface area contributed by atoms with Crippen LogP contribution in [0.2, 0.25) is 0 Å². The van der Waals surface area contributed by atoms with Gasteiger partial charge in [-0.25, -0.2) is 0 Å². The van der Waals surface area contributed by atoms with E-state index in [9.17, 15) is 9.59 Å². The topological polar surface area (TPSA) is 115 Å². The average Bonchev–Trinajstić information content (AvgIpc) is 3.14. The Kier molecular flexibility index (Phi) is 11.5. The Morgan fingerprint density at radius 3 is 1.82 bits per heavy atom. The summed E-state index contributed by atoms with van der Waals surface area (Å²) in [6, 6.07) is 15.2. The van der Waals surface area contributed by atoms with Crippen LogP contribution in [0.25, 0.3) is 11.1 Å². The number of amides is 1. The Morgan fingerprint density at radius 1 is 0.720 bits per heavy atom. The lowest BCUT2D eigenvalue weighted by atomic mass is 9.91. The van der Waals surface area contributed by atoms with Crippen LogP contribution in [-0.2, 0) is 29.0 Å². The van der Waals surface area contributed by atoms with Crippen LogP contribution in [0, 0.1) is 13.8 Å². The first kappa shape index (κ1) is 35.2. The second kappa shape index (κ2) is 16.4. The molecule has 2 aromatic carbocycles. The largest absolute Gasteiger partial charge is 0.496 e. The zero-order chi connectivity index (χ0) is 35.0. The predicted molar refractivity (Wildman–Crippen MR) is 191 cm³/mol. The normalized spacial score (nSPS) is 15.4. The molecule has 2 saturated heterocycles. The maximum absolute atomic E-state index is 13.5. The number of nitrogens with one attached hydrogen (secondary N) is 1. The van der Waals surface area contributed by atoms with Gasteiger partial charge in [-0.15, -0.1) is 0 Å². The van der Waals surface area contributed by atoms with E-state index in [2.05, 4.69) is 25.1 Å². The second-order valence-corrected chi connectivity index (χ2v) is 12.7. The fourth-order valence-corrected chi connectivity index (χ4v) is 6.50. The average molecular weight is 680 g/mol. The molecule has 2 aliphatic rings. The van der Waals surface area contributed by atoms with Gasteiger partial charge in [-0.1, -0.05) is 30.3 Å². The molecule has 11 heteroatoms. The lowest BCUT2D eigenvalue weighted by molar-refractivity contribution is 0.0337. The third-order valence-electron chi connectivity index (χ3n) is 9.51. The van der Waals surface area contributed by atoms with Crippen molar-refractivity contribution in [2.24, 2.45) is 0 Å². The van der Waals surface area contributed by atoms with Crippen LogP contribution in [0.5, 0.6) is 11.5 Å². The van der Waals surface area contributed by atoms with Crippen molar-refractivity contribution >= 4 is 17.4 Å². The molecule has 0 unspecified atom stereocenters. The van der Waals surface area contributed by atoms with Gasteiger partial charge in [-0.2, -0.15) is 0 Å². The van der Waals surface area contributed by atoms with E-state index < -0.39 is 0 Å². The summed E-state index contributed by atoms with van der Waals surface area (Å²) in [4.78, 5) is 40.5.